The quantitative estimate of drug-likeness (QED) is 0.687. The van der Waals surface area contributed by atoms with E-state index in [-0.39, 0.29) is 0 Å². The van der Waals surface area contributed by atoms with Crippen LogP contribution in [0.5, 0.6) is 0 Å². The van der Waals surface area contributed by atoms with Crippen molar-refractivity contribution in [3.63, 3.8) is 0 Å². The van der Waals surface area contributed by atoms with Gasteiger partial charge in [-0.2, -0.15) is 0 Å². The summed E-state index contributed by atoms with van der Waals surface area (Å²) >= 11 is 0. The number of oxazole rings is 1. The number of hydrogen-bond acceptors (Lipinski definition) is 2. The highest BCUT2D eigenvalue weighted by atomic mass is 16.3. The third kappa shape index (κ3) is 1.95. The Morgan fingerprint density at radius 3 is 3.07 bits per heavy atom. The predicted octanol–water partition coefficient (Wildman–Crippen LogP) is 3.56. The molecule has 0 unspecified atom stereocenters. The predicted molar refractivity (Wildman–Crippen MR) is 57.2 cm³/mol. The van der Waals surface area contributed by atoms with E-state index in [1.54, 1.807) is 0 Å². The van der Waals surface area contributed by atoms with Gasteiger partial charge in [-0.15, -0.1) is 0 Å². The number of nitrogens with zero attached hydrogens (tertiary/aromatic N) is 1. The molecular formula is C12H15NO. The molecule has 2 rings (SSSR count). The smallest absolute Gasteiger partial charge is 0.181 e. The molecule has 2 aromatic rings. The van der Waals surface area contributed by atoms with E-state index in [9.17, 15) is 0 Å². The Morgan fingerprint density at radius 1 is 1.29 bits per heavy atom. The van der Waals surface area contributed by atoms with Gasteiger partial charge in [0.25, 0.3) is 0 Å². The first-order chi connectivity index (χ1) is 6.90. The monoisotopic (exact) mass is 189 g/mol. The van der Waals surface area contributed by atoms with Crippen LogP contribution in [0.4, 0.5) is 0 Å². The van der Waals surface area contributed by atoms with Crippen LogP contribution in [0.3, 0.4) is 0 Å². The molecule has 2 heteroatoms. The van der Waals surface area contributed by atoms with E-state index in [4.69, 9.17) is 4.42 Å². The second kappa shape index (κ2) is 4.27. The Bertz CT molecular complexity index is 405. The Kier molecular flexibility index (Phi) is 2.82. The average Bonchev–Trinajstić information content (AvgIpc) is 2.65. The molecule has 0 aliphatic rings. The zero-order chi connectivity index (χ0) is 9.80. The zero-order valence-corrected chi connectivity index (χ0v) is 8.49. The third-order valence-electron chi connectivity index (χ3n) is 2.46. The second-order valence-electron chi connectivity index (χ2n) is 3.61. The minimum Gasteiger partial charge on any atom is -0.443 e. The van der Waals surface area contributed by atoms with Gasteiger partial charge in [-0.3, -0.25) is 0 Å². The van der Waals surface area contributed by atoms with Crippen LogP contribution in [0.25, 0.3) is 11.1 Å². The highest BCUT2D eigenvalue weighted by Crippen LogP contribution is 2.15. The van der Waals surface area contributed by atoms with Gasteiger partial charge >= 0.3 is 0 Å². The van der Waals surface area contributed by atoms with Crippen LogP contribution in [0.1, 0.15) is 31.7 Å². The summed E-state index contributed by atoms with van der Waals surface area (Å²) in [5.41, 5.74) is 3.21. The highest BCUT2D eigenvalue weighted by Gasteiger charge is 1.99. The summed E-state index contributed by atoms with van der Waals surface area (Å²) in [6.45, 7) is 2.22. The molecule has 0 N–H and O–H groups in total. The molecule has 0 aliphatic carbocycles. The Labute approximate surface area is 84.0 Å². The molecule has 1 aromatic carbocycles. The van der Waals surface area contributed by atoms with Crippen LogP contribution in [0.2, 0.25) is 0 Å². The van der Waals surface area contributed by atoms with Gasteiger partial charge in [-0.1, -0.05) is 25.8 Å². The Balaban J connectivity index is 2.10. The summed E-state index contributed by atoms with van der Waals surface area (Å²) in [7, 11) is 0. The van der Waals surface area contributed by atoms with Gasteiger partial charge in [-0.05, 0) is 30.5 Å². The van der Waals surface area contributed by atoms with Crippen molar-refractivity contribution >= 4 is 11.1 Å². The maximum Gasteiger partial charge on any atom is 0.181 e. The summed E-state index contributed by atoms with van der Waals surface area (Å²) in [5.74, 6) is 0. The van der Waals surface area contributed by atoms with Gasteiger partial charge in [-0.25, -0.2) is 4.98 Å². The van der Waals surface area contributed by atoms with E-state index in [0.717, 1.165) is 17.5 Å². The minimum atomic E-state index is 0.879. The molecule has 2 nitrogen and oxygen atoms in total. The van der Waals surface area contributed by atoms with Crippen molar-refractivity contribution in [1.82, 2.24) is 4.98 Å². The van der Waals surface area contributed by atoms with Crippen LogP contribution in [-0.4, -0.2) is 4.98 Å². The molecule has 0 aliphatic heterocycles. The molecule has 0 fully saturated rings. The first-order valence-electron chi connectivity index (χ1n) is 5.22. The maximum atomic E-state index is 5.19. The Morgan fingerprint density at radius 2 is 2.21 bits per heavy atom. The Hall–Kier alpha value is -1.31. The molecule has 0 atom stereocenters. The van der Waals surface area contributed by atoms with Crippen molar-refractivity contribution in [2.45, 2.75) is 32.6 Å². The third-order valence-corrected chi connectivity index (χ3v) is 2.46. The first kappa shape index (κ1) is 9.25. The molecule has 0 spiro atoms. The van der Waals surface area contributed by atoms with E-state index in [1.165, 1.54) is 31.2 Å². The first-order valence-corrected chi connectivity index (χ1v) is 5.22. The van der Waals surface area contributed by atoms with Crippen LogP contribution in [-0.2, 0) is 6.42 Å². The van der Waals surface area contributed by atoms with Gasteiger partial charge in [0, 0.05) is 0 Å². The molecule has 0 saturated heterocycles. The van der Waals surface area contributed by atoms with Gasteiger partial charge < -0.3 is 4.42 Å². The summed E-state index contributed by atoms with van der Waals surface area (Å²) in [5, 5.41) is 0. The number of aryl methyl sites for hydroxylation is 1. The second-order valence-corrected chi connectivity index (χ2v) is 3.61. The molecule has 1 heterocycles. The number of rotatable bonds is 4. The fraction of sp³-hybridized carbons (Fsp3) is 0.417. The number of unbranched alkanes of at least 4 members (excludes halogenated alkanes) is 2. The van der Waals surface area contributed by atoms with Crippen molar-refractivity contribution in [3.8, 4) is 0 Å². The average molecular weight is 189 g/mol. The van der Waals surface area contributed by atoms with Gasteiger partial charge in [0.05, 0.1) is 0 Å². The molecular weight excluding hydrogens is 174 g/mol. The number of aromatic nitrogens is 1. The number of hydrogen-bond donors (Lipinski definition) is 0. The van der Waals surface area contributed by atoms with E-state index in [2.05, 4.69) is 24.0 Å². The van der Waals surface area contributed by atoms with Crippen molar-refractivity contribution in [2.75, 3.05) is 0 Å². The van der Waals surface area contributed by atoms with E-state index < -0.39 is 0 Å². The van der Waals surface area contributed by atoms with Crippen molar-refractivity contribution in [1.29, 1.82) is 0 Å². The fourth-order valence-electron chi connectivity index (χ4n) is 1.64. The molecule has 0 bridgehead atoms. The van der Waals surface area contributed by atoms with Crippen LogP contribution in [0.15, 0.2) is 29.0 Å². The summed E-state index contributed by atoms with van der Waals surface area (Å²) in [6, 6.07) is 6.25. The van der Waals surface area contributed by atoms with E-state index in [1.807, 2.05) is 6.07 Å². The lowest BCUT2D eigenvalue weighted by Crippen LogP contribution is -1.84. The molecule has 0 radical (unpaired) electrons. The van der Waals surface area contributed by atoms with Crippen LogP contribution in [0, 0.1) is 0 Å². The van der Waals surface area contributed by atoms with Crippen LogP contribution < -0.4 is 0 Å². The minimum absolute atomic E-state index is 0.879. The lowest BCUT2D eigenvalue weighted by Gasteiger charge is -1.99. The maximum absolute atomic E-state index is 5.19. The molecule has 74 valence electrons. The van der Waals surface area contributed by atoms with Gasteiger partial charge in [0.1, 0.15) is 5.52 Å². The molecule has 14 heavy (non-hydrogen) atoms. The van der Waals surface area contributed by atoms with Gasteiger partial charge in [0.2, 0.25) is 0 Å². The highest BCUT2D eigenvalue weighted by molar-refractivity contribution is 5.72. The van der Waals surface area contributed by atoms with Crippen molar-refractivity contribution in [3.05, 3.63) is 30.2 Å². The summed E-state index contributed by atoms with van der Waals surface area (Å²) in [6.07, 6.45) is 6.49. The fourth-order valence-corrected chi connectivity index (χ4v) is 1.64. The van der Waals surface area contributed by atoms with E-state index in [0.29, 0.717) is 0 Å². The standard InChI is InChI=1S/C12H15NO/c1-2-3-4-5-10-6-7-12-11(8-10)13-9-14-12/h6-9H,2-5H2,1H3. The van der Waals surface area contributed by atoms with Crippen molar-refractivity contribution in [2.24, 2.45) is 0 Å². The molecule has 0 saturated carbocycles. The largest absolute Gasteiger partial charge is 0.443 e. The normalized spacial score (nSPS) is 10.9. The lowest BCUT2D eigenvalue weighted by atomic mass is 10.1. The van der Waals surface area contributed by atoms with Gasteiger partial charge in [0.15, 0.2) is 12.0 Å². The summed E-state index contributed by atoms with van der Waals surface area (Å²) in [4.78, 5) is 4.14. The van der Waals surface area contributed by atoms with E-state index >= 15 is 0 Å². The lowest BCUT2D eigenvalue weighted by molar-refractivity contribution is 0.602. The van der Waals surface area contributed by atoms with Crippen LogP contribution >= 0.6 is 0 Å². The zero-order valence-electron chi connectivity index (χ0n) is 8.49. The summed E-state index contributed by atoms with van der Waals surface area (Å²) < 4.78 is 5.19. The molecule has 0 amide bonds. The number of benzene rings is 1. The molecule has 1 aromatic heterocycles. The number of fused-ring (bicyclic) bond motifs is 1. The SMILES string of the molecule is CCCCCc1ccc2ocnc2c1. The topological polar surface area (TPSA) is 26.0 Å². The van der Waals surface area contributed by atoms with Crippen molar-refractivity contribution < 1.29 is 4.42 Å².